The van der Waals surface area contributed by atoms with Gasteiger partial charge in [0, 0.05) is 29.7 Å². The van der Waals surface area contributed by atoms with E-state index in [2.05, 4.69) is 25.3 Å². The Kier molecular flexibility index (Phi) is 6.79. The van der Waals surface area contributed by atoms with Crippen molar-refractivity contribution in [1.82, 2.24) is 20.0 Å². The van der Waals surface area contributed by atoms with Crippen LogP contribution in [0.2, 0.25) is 0 Å². The zero-order chi connectivity index (χ0) is 22.4. The summed E-state index contributed by atoms with van der Waals surface area (Å²) in [6, 6.07) is 13.4. The normalized spacial score (nSPS) is 15.1. The lowest BCUT2D eigenvalue weighted by atomic mass is 10.1. The average Bonchev–Trinajstić information content (AvgIpc) is 2.79. The Morgan fingerprint density at radius 1 is 0.969 bits per heavy atom. The predicted molar refractivity (Wildman–Crippen MR) is 125 cm³/mol. The Balaban J connectivity index is 1.37. The number of anilines is 2. The first-order valence-electron chi connectivity index (χ1n) is 10.4. The zero-order valence-corrected chi connectivity index (χ0v) is 18.2. The smallest absolute Gasteiger partial charge is 0.240 e. The van der Waals surface area contributed by atoms with Crippen LogP contribution in [0.1, 0.15) is 24.0 Å². The Morgan fingerprint density at radius 3 is 2.34 bits per heavy atom. The van der Waals surface area contributed by atoms with Crippen molar-refractivity contribution in [1.29, 1.82) is 0 Å². The van der Waals surface area contributed by atoms with E-state index in [1.54, 1.807) is 54.9 Å². The number of hydrogen-bond donors (Lipinski definition) is 4. The Morgan fingerprint density at radius 2 is 1.66 bits per heavy atom. The van der Waals surface area contributed by atoms with Crippen LogP contribution >= 0.6 is 0 Å². The number of rotatable bonds is 7. The number of sulfonamides is 1. The molecule has 1 aliphatic heterocycles. The molecular formula is C23H25N5O3S. The summed E-state index contributed by atoms with van der Waals surface area (Å²) >= 11 is 0. The van der Waals surface area contributed by atoms with Crippen LogP contribution in [0.5, 0.6) is 5.75 Å². The van der Waals surface area contributed by atoms with Crippen LogP contribution in [0.15, 0.2) is 65.8 Å². The van der Waals surface area contributed by atoms with Gasteiger partial charge in [0.15, 0.2) is 0 Å². The summed E-state index contributed by atoms with van der Waals surface area (Å²) in [5.41, 5.74) is 2.37. The van der Waals surface area contributed by atoms with Crippen molar-refractivity contribution in [2.24, 2.45) is 0 Å². The molecule has 2 aromatic carbocycles. The van der Waals surface area contributed by atoms with Crippen molar-refractivity contribution in [3.05, 3.63) is 72.1 Å². The highest BCUT2D eigenvalue weighted by atomic mass is 32.2. The number of piperidine rings is 1. The molecule has 8 nitrogen and oxygen atoms in total. The van der Waals surface area contributed by atoms with Crippen LogP contribution in [0, 0.1) is 0 Å². The largest absolute Gasteiger partial charge is 0.508 e. The van der Waals surface area contributed by atoms with Crippen LogP contribution in [0.4, 0.5) is 11.6 Å². The number of hydrogen-bond acceptors (Lipinski definition) is 7. The second-order valence-electron chi connectivity index (χ2n) is 7.56. The number of nitrogens with zero attached hydrogens (tertiary/aromatic N) is 2. The Bertz CT molecular complexity index is 1170. The van der Waals surface area contributed by atoms with Crippen LogP contribution in [0.25, 0.3) is 12.2 Å². The molecule has 3 aromatic rings. The SMILES string of the molecule is O=S(=O)(NC1CCNCC1)c1ccc(Nc2ncc(/C=C/c3cccc(O)c3)cn2)cc1. The lowest BCUT2D eigenvalue weighted by Crippen LogP contribution is -2.42. The zero-order valence-electron chi connectivity index (χ0n) is 17.4. The standard InChI is InChI=1S/C23H25N5O3S/c29-21-3-1-2-17(14-21)4-5-18-15-25-23(26-16-18)27-19-6-8-22(9-7-19)32(30,31)28-20-10-12-24-13-11-20/h1-9,14-16,20,24,28-29H,10-13H2,(H,25,26,27)/b5-4+. The quantitative estimate of drug-likeness (QED) is 0.436. The molecule has 0 radical (unpaired) electrons. The molecule has 1 fully saturated rings. The van der Waals surface area contributed by atoms with Crippen LogP contribution in [-0.2, 0) is 10.0 Å². The van der Waals surface area contributed by atoms with E-state index in [9.17, 15) is 13.5 Å². The third-order valence-electron chi connectivity index (χ3n) is 5.09. The lowest BCUT2D eigenvalue weighted by Gasteiger charge is -2.23. The summed E-state index contributed by atoms with van der Waals surface area (Å²) in [5.74, 6) is 0.617. The lowest BCUT2D eigenvalue weighted by molar-refractivity contribution is 0.427. The summed E-state index contributed by atoms with van der Waals surface area (Å²) in [6.45, 7) is 1.64. The van der Waals surface area contributed by atoms with Crippen LogP contribution < -0.4 is 15.4 Å². The van der Waals surface area contributed by atoms with Crippen molar-refractivity contribution in [3.63, 3.8) is 0 Å². The first-order valence-corrected chi connectivity index (χ1v) is 11.9. The molecule has 4 rings (SSSR count). The van der Waals surface area contributed by atoms with Gasteiger partial charge in [-0.05, 0) is 67.9 Å². The highest BCUT2D eigenvalue weighted by Gasteiger charge is 2.21. The van der Waals surface area contributed by atoms with E-state index in [1.807, 2.05) is 18.2 Å². The molecule has 32 heavy (non-hydrogen) atoms. The Hall–Kier alpha value is -3.27. The molecule has 0 spiro atoms. The Labute approximate surface area is 187 Å². The van der Waals surface area contributed by atoms with E-state index in [0.29, 0.717) is 11.6 Å². The van der Waals surface area contributed by atoms with Gasteiger partial charge in [-0.15, -0.1) is 0 Å². The van der Waals surface area contributed by atoms with Crippen molar-refractivity contribution < 1.29 is 13.5 Å². The van der Waals surface area contributed by atoms with Gasteiger partial charge in [-0.2, -0.15) is 0 Å². The number of aromatic nitrogens is 2. The van der Waals surface area contributed by atoms with Gasteiger partial charge in [0.1, 0.15) is 5.75 Å². The number of benzene rings is 2. The summed E-state index contributed by atoms with van der Waals surface area (Å²) in [5, 5.41) is 15.8. The molecule has 1 aliphatic rings. The van der Waals surface area contributed by atoms with Gasteiger partial charge in [0.05, 0.1) is 4.90 Å². The molecule has 1 aromatic heterocycles. The van der Waals surface area contributed by atoms with Gasteiger partial charge in [-0.3, -0.25) is 0 Å². The van der Waals surface area contributed by atoms with Crippen molar-refractivity contribution >= 4 is 33.8 Å². The number of phenolic OH excluding ortho intramolecular Hbond substituents is 1. The van der Waals surface area contributed by atoms with Gasteiger partial charge < -0.3 is 15.7 Å². The minimum Gasteiger partial charge on any atom is -0.508 e. The fourth-order valence-corrected chi connectivity index (χ4v) is 4.69. The minimum absolute atomic E-state index is 0.0346. The summed E-state index contributed by atoms with van der Waals surface area (Å²) < 4.78 is 28.0. The van der Waals surface area contributed by atoms with E-state index >= 15 is 0 Å². The first kappa shape index (κ1) is 21.9. The molecule has 0 atom stereocenters. The minimum atomic E-state index is -3.55. The summed E-state index contributed by atoms with van der Waals surface area (Å²) in [4.78, 5) is 8.82. The molecule has 9 heteroatoms. The van der Waals surface area contributed by atoms with Gasteiger partial charge in [0.2, 0.25) is 16.0 Å². The van der Waals surface area contributed by atoms with E-state index in [4.69, 9.17) is 0 Å². The molecule has 0 bridgehead atoms. The number of nitrogens with one attached hydrogen (secondary N) is 3. The fourth-order valence-electron chi connectivity index (χ4n) is 3.38. The highest BCUT2D eigenvalue weighted by molar-refractivity contribution is 7.89. The van der Waals surface area contributed by atoms with Crippen molar-refractivity contribution in [3.8, 4) is 5.75 Å². The van der Waals surface area contributed by atoms with Gasteiger partial charge in [-0.25, -0.2) is 23.1 Å². The molecular weight excluding hydrogens is 426 g/mol. The average molecular weight is 452 g/mol. The van der Waals surface area contributed by atoms with E-state index in [1.165, 1.54) is 0 Å². The second kappa shape index (κ2) is 9.90. The molecule has 0 amide bonds. The molecule has 2 heterocycles. The predicted octanol–water partition coefficient (Wildman–Crippen LogP) is 3.13. The number of phenols is 1. The van der Waals surface area contributed by atoms with E-state index < -0.39 is 10.0 Å². The molecule has 0 saturated carbocycles. The highest BCUT2D eigenvalue weighted by Crippen LogP contribution is 2.19. The summed E-state index contributed by atoms with van der Waals surface area (Å²) in [7, 11) is -3.55. The van der Waals surface area contributed by atoms with Gasteiger partial charge in [0.25, 0.3) is 0 Å². The third kappa shape index (κ3) is 5.91. The van der Waals surface area contributed by atoms with Crippen LogP contribution in [-0.4, -0.2) is 42.6 Å². The first-order chi connectivity index (χ1) is 15.5. The maximum atomic E-state index is 12.6. The third-order valence-corrected chi connectivity index (χ3v) is 6.63. The molecule has 4 N–H and O–H groups in total. The molecule has 0 aliphatic carbocycles. The number of aromatic hydroxyl groups is 1. The van der Waals surface area contributed by atoms with E-state index in [-0.39, 0.29) is 16.7 Å². The van der Waals surface area contributed by atoms with Gasteiger partial charge >= 0.3 is 0 Å². The monoisotopic (exact) mass is 451 g/mol. The molecule has 0 unspecified atom stereocenters. The molecule has 1 saturated heterocycles. The van der Waals surface area contributed by atoms with Crippen molar-refractivity contribution in [2.75, 3.05) is 18.4 Å². The van der Waals surface area contributed by atoms with Crippen LogP contribution in [0.3, 0.4) is 0 Å². The maximum absolute atomic E-state index is 12.6. The van der Waals surface area contributed by atoms with Crippen molar-refractivity contribution in [2.45, 2.75) is 23.8 Å². The topological polar surface area (TPSA) is 116 Å². The van der Waals surface area contributed by atoms with E-state index in [0.717, 1.165) is 37.1 Å². The summed E-state index contributed by atoms with van der Waals surface area (Å²) in [6.07, 6.45) is 8.65. The second-order valence-corrected chi connectivity index (χ2v) is 9.28. The maximum Gasteiger partial charge on any atom is 0.240 e. The fraction of sp³-hybridized carbons (Fsp3) is 0.217. The molecule has 166 valence electrons. The van der Waals surface area contributed by atoms with Gasteiger partial charge in [-0.1, -0.05) is 24.3 Å².